The molecule has 0 bridgehead atoms. The van der Waals surface area contributed by atoms with Crippen molar-refractivity contribution in [3.63, 3.8) is 0 Å². The number of fused-ring (bicyclic) bond motifs is 1. The van der Waals surface area contributed by atoms with Crippen LogP contribution < -0.4 is 10.5 Å². The van der Waals surface area contributed by atoms with E-state index in [9.17, 15) is 14.4 Å². The maximum Gasteiger partial charge on any atom is 0.347 e. The fourth-order valence-corrected chi connectivity index (χ4v) is 3.77. The predicted molar refractivity (Wildman–Crippen MR) is 136 cm³/mol. The molecular weight excluding hydrogens is 430 g/mol. The number of hydrogen-bond donors (Lipinski definition) is 1. The van der Waals surface area contributed by atoms with Crippen LogP contribution in [0.25, 0.3) is 17.0 Å². The summed E-state index contributed by atoms with van der Waals surface area (Å²) >= 11 is 0. The smallest absolute Gasteiger partial charge is 0.347 e. The first-order chi connectivity index (χ1) is 16.3. The molecule has 0 amide bonds. The minimum atomic E-state index is -1.01. The maximum absolute atomic E-state index is 13.0. The zero-order chi connectivity index (χ0) is 24.7. The first kappa shape index (κ1) is 25.0. The van der Waals surface area contributed by atoms with Gasteiger partial charge in [0.15, 0.2) is 5.78 Å². The molecule has 6 heteroatoms. The first-order valence-electron chi connectivity index (χ1n) is 11.7. The van der Waals surface area contributed by atoms with Crippen molar-refractivity contribution < 1.29 is 19.1 Å². The lowest BCUT2D eigenvalue weighted by Crippen LogP contribution is -2.25. The molecule has 0 saturated carbocycles. The maximum atomic E-state index is 13.0. The van der Waals surface area contributed by atoms with Crippen molar-refractivity contribution in [1.29, 1.82) is 0 Å². The highest BCUT2D eigenvalue weighted by Gasteiger charge is 2.17. The van der Waals surface area contributed by atoms with Crippen LogP contribution in [0.3, 0.4) is 0 Å². The van der Waals surface area contributed by atoms with Crippen LogP contribution in [-0.4, -0.2) is 29.9 Å². The Morgan fingerprint density at radius 3 is 2.21 bits per heavy atom. The highest BCUT2D eigenvalue weighted by atomic mass is 16.4. The van der Waals surface area contributed by atoms with Gasteiger partial charge >= 0.3 is 11.6 Å². The quantitative estimate of drug-likeness (QED) is 0.208. The Kier molecular flexibility index (Phi) is 8.41. The third-order valence-corrected chi connectivity index (χ3v) is 5.79. The van der Waals surface area contributed by atoms with Gasteiger partial charge in [-0.15, -0.1) is 0 Å². The van der Waals surface area contributed by atoms with E-state index in [1.165, 1.54) is 12.1 Å². The number of unbranched alkanes of at least 4 members (excludes halogenated alkanes) is 2. The summed E-state index contributed by atoms with van der Waals surface area (Å²) in [5.41, 5.74) is 1.97. The summed E-state index contributed by atoms with van der Waals surface area (Å²) in [6, 6.07) is 13.5. The number of allylic oxidation sites excluding steroid dienone is 1. The van der Waals surface area contributed by atoms with Gasteiger partial charge in [0.25, 0.3) is 0 Å². The van der Waals surface area contributed by atoms with Gasteiger partial charge in [-0.1, -0.05) is 38.8 Å². The van der Waals surface area contributed by atoms with Gasteiger partial charge < -0.3 is 14.4 Å². The van der Waals surface area contributed by atoms with Crippen molar-refractivity contribution in [3.8, 4) is 0 Å². The van der Waals surface area contributed by atoms with Crippen molar-refractivity contribution in [1.82, 2.24) is 0 Å². The molecular formula is C28H31NO5. The second-order valence-electron chi connectivity index (χ2n) is 8.45. The zero-order valence-corrected chi connectivity index (χ0v) is 20.0. The molecule has 0 saturated heterocycles. The van der Waals surface area contributed by atoms with Crippen LogP contribution in [0.1, 0.15) is 72.7 Å². The molecule has 0 radical (unpaired) electrons. The SMILES string of the molecule is CCCCN(CCCC)c1ccc2cc(C(=O)/C(C)=C/c3ccc(C(=O)O)cc3)c(=O)oc2c1. The number of rotatable bonds is 11. The van der Waals surface area contributed by atoms with E-state index < -0.39 is 17.4 Å². The van der Waals surface area contributed by atoms with Gasteiger partial charge in [-0.3, -0.25) is 4.79 Å². The number of ketones is 1. The van der Waals surface area contributed by atoms with Crippen molar-refractivity contribution in [3.05, 3.63) is 81.2 Å². The molecule has 3 aromatic rings. The number of Topliss-reactive ketones (excluding diaryl/α,β-unsaturated/α-hetero) is 1. The summed E-state index contributed by atoms with van der Waals surface area (Å²) < 4.78 is 5.56. The molecule has 1 N–H and O–H groups in total. The molecule has 6 nitrogen and oxygen atoms in total. The number of hydrogen-bond acceptors (Lipinski definition) is 5. The van der Waals surface area contributed by atoms with Gasteiger partial charge in [0.1, 0.15) is 11.1 Å². The normalized spacial score (nSPS) is 11.6. The molecule has 2 aromatic carbocycles. The topological polar surface area (TPSA) is 87.8 Å². The van der Waals surface area contributed by atoms with Crippen LogP contribution in [0, 0.1) is 0 Å². The molecule has 0 aliphatic rings. The average molecular weight is 462 g/mol. The lowest BCUT2D eigenvalue weighted by molar-refractivity contribution is 0.0696. The number of carbonyl (C=O) groups is 2. The molecule has 34 heavy (non-hydrogen) atoms. The molecule has 0 atom stereocenters. The second kappa shape index (κ2) is 11.5. The number of aromatic carboxylic acids is 1. The summed E-state index contributed by atoms with van der Waals surface area (Å²) in [5.74, 6) is -1.44. The van der Waals surface area contributed by atoms with Gasteiger partial charge in [0.05, 0.1) is 5.56 Å². The number of carboxylic acid groups (broad SMARTS) is 1. The van der Waals surface area contributed by atoms with Crippen LogP contribution in [0.2, 0.25) is 0 Å². The van der Waals surface area contributed by atoms with Crippen LogP contribution >= 0.6 is 0 Å². The molecule has 178 valence electrons. The number of carbonyl (C=O) groups excluding carboxylic acids is 1. The van der Waals surface area contributed by atoms with Crippen molar-refractivity contribution in [2.24, 2.45) is 0 Å². The summed E-state index contributed by atoms with van der Waals surface area (Å²) in [6.07, 6.45) is 6.01. The minimum Gasteiger partial charge on any atom is -0.478 e. The minimum absolute atomic E-state index is 0.0232. The van der Waals surface area contributed by atoms with Crippen LogP contribution in [0.5, 0.6) is 0 Å². The number of carboxylic acids is 1. The molecule has 3 rings (SSSR count). The Hall–Kier alpha value is -3.67. The fraction of sp³-hybridized carbons (Fsp3) is 0.321. The lowest BCUT2D eigenvalue weighted by atomic mass is 10.0. The van der Waals surface area contributed by atoms with E-state index in [2.05, 4.69) is 18.7 Å². The lowest BCUT2D eigenvalue weighted by Gasteiger charge is -2.24. The summed E-state index contributed by atoms with van der Waals surface area (Å²) in [4.78, 5) is 39.0. The van der Waals surface area contributed by atoms with Gasteiger partial charge in [0.2, 0.25) is 0 Å². The molecule has 0 unspecified atom stereocenters. The highest BCUT2D eigenvalue weighted by Crippen LogP contribution is 2.24. The summed E-state index contributed by atoms with van der Waals surface area (Å²) in [7, 11) is 0. The third-order valence-electron chi connectivity index (χ3n) is 5.79. The Morgan fingerprint density at radius 1 is 0.971 bits per heavy atom. The predicted octanol–water partition coefficient (Wildman–Crippen LogP) is 6.18. The van der Waals surface area contributed by atoms with Gasteiger partial charge in [0, 0.05) is 30.2 Å². The average Bonchev–Trinajstić information content (AvgIpc) is 2.83. The molecule has 1 aromatic heterocycles. The van der Waals surface area contributed by atoms with E-state index in [1.54, 1.807) is 31.2 Å². The van der Waals surface area contributed by atoms with Crippen LogP contribution in [0.4, 0.5) is 5.69 Å². The van der Waals surface area contributed by atoms with E-state index in [1.807, 2.05) is 18.2 Å². The number of benzene rings is 2. The van der Waals surface area contributed by atoms with E-state index in [-0.39, 0.29) is 11.1 Å². The highest BCUT2D eigenvalue weighted by molar-refractivity contribution is 6.11. The molecule has 0 aliphatic carbocycles. The van der Waals surface area contributed by atoms with Crippen molar-refractivity contribution >= 4 is 34.5 Å². The van der Waals surface area contributed by atoms with Crippen LogP contribution in [-0.2, 0) is 0 Å². The Bertz CT molecular complexity index is 1250. The zero-order valence-electron chi connectivity index (χ0n) is 20.0. The van der Waals surface area contributed by atoms with Gasteiger partial charge in [-0.25, -0.2) is 9.59 Å². The molecule has 0 fully saturated rings. The largest absolute Gasteiger partial charge is 0.478 e. The molecule has 0 aliphatic heterocycles. The molecule has 1 heterocycles. The summed E-state index contributed by atoms with van der Waals surface area (Å²) in [5, 5.41) is 9.71. The first-order valence-corrected chi connectivity index (χ1v) is 11.7. The van der Waals surface area contributed by atoms with Gasteiger partial charge in [-0.05, 0) is 67.3 Å². The summed E-state index contributed by atoms with van der Waals surface area (Å²) in [6.45, 7) is 7.84. The monoisotopic (exact) mass is 461 g/mol. The van der Waals surface area contributed by atoms with E-state index in [4.69, 9.17) is 9.52 Å². The van der Waals surface area contributed by atoms with E-state index in [0.29, 0.717) is 22.1 Å². The number of anilines is 1. The van der Waals surface area contributed by atoms with E-state index >= 15 is 0 Å². The van der Waals surface area contributed by atoms with Crippen molar-refractivity contribution in [2.75, 3.05) is 18.0 Å². The Labute approximate surface area is 199 Å². The van der Waals surface area contributed by atoms with Crippen LogP contribution in [0.15, 0.2) is 63.3 Å². The fourth-order valence-electron chi connectivity index (χ4n) is 3.77. The molecule has 0 spiro atoms. The van der Waals surface area contributed by atoms with E-state index in [0.717, 1.165) is 44.5 Å². The number of nitrogens with zero attached hydrogens (tertiary/aromatic N) is 1. The van der Waals surface area contributed by atoms with Gasteiger partial charge in [-0.2, -0.15) is 0 Å². The third kappa shape index (κ3) is 6.01. The second-order valence-corrected chi connectivity index (χ2v) is 8.45. The van der Waals surface area contributed by atoms with Crippen molar-refractivity contribution in [2.45, 2.75) is 46.5 Å². The Balaban J connectivity index is 1.89. The standard InChI is InChI=1S/C28H31NO5/c1-4-6-14-29(15-7-5-2)23-13-12-22-17-24(28(33)34-25(22)18-23)26(30)19(3)16-20-8-10-21(11-9-20)27(31)32/h8-13,16-18H,4-7,14-15H2,1-3H3,(H,31,32)/b19-16+. The Morgan fingerprint density at radius 2 is 1.62 bits per heavy atom.